The second kappa shape index (κ2) is 6.15. The Morgan fingerprint density at radius 2 is 0.962 bits per heavy atom. The number of aromatic amines is 2. The zero-order valence-corrected chi connectivity index (χ0v) is 14.2. The molecule has 5 aromatic rings. The molecule has 0 unspecified atom stereocenters. The molecule has 0 aliphatic rings. The Balaban J connectivity index is 1.33. The van der Waals surface area contributed by atoms with Crippen LogP contribution < -0.4 is 0 Å². The molecule has 0 bridgehead atoms. The normalized spacial score (nSPS) is 11.4. The summed E-state index contributed by atoms with van der Waals surface area (Å²) in [4.78, 5) is 16.1. The largest absolute Gasteiger partial charge is 0.342 e. The summed E-state index contributed by atoms with van der Waals surface area (Å²) in [5.74, 6) is 1.99. The molecule has 4 heteroatoms. The molecule has 2 heterocycles. The molecule has 0 aliphatic heterocycles. The third-order valence-electron chi connectivity index (χ3n) is 4.64. The van der Waals surface area contributed by atoms with Crippen LogP contribution in [0.15, 0.2) is 72.8 Å². The highest BCUT2D eigenvalue weighted by atomic mass is 14.9. The van der Waals surface area contributed by atoms with E-state index < -0.39 is 0 Å². The molecule has 5 rings (SSSR count). The Bertz CT molecular complexity index is 1020. The van der Waals surface area contributed by atoms with E-state index in [1.807, 2.05) is 36.4 Å². The van der Waals surface area contributed by atoms with Crippen molar-refractivity contribution in [3.63, 3.8) is 0 Å². The van der Waals surface area contributed by atoms with Gasteiger partial charge in [-0.25, -0.2) is 9.97 Å². The first kappa shape index (κ1) is 14.9. The van der Waals surface area contributed by atoms with Crippen molar-refractivity contribution in [3.8, 4) is 0 Å². The van der Waals surface area contributed by atoms with Gasteiger partial charge in [0.15, 0.2) is 0 Å². The minimum atomic E-state index is 0.805. The summed E-state index contributed by atoms with van der Waals surface area (Å²) >= 11 is 0. The van der Waals surface area contributed by atoms with Crippen molar-refractivity contribution < 1.29 is 0 Å². The quantitative estimate of drug-likeness (QED) is 0.502. The van der Waals surface area contributed by atoms with Crippen molar-refractivity contribution in [1.82, 2.24) is 19.9 Å². The van der Waals surface area contributed by atoms with E-state index in [1.165, 1.54) is 11.1 Å². The molecule has 0 atom stereocenters. The molecule has 0 saturated carbocycles. The second-order valence-electron chi connectivity index (χ2n) is 6.57. The zero-order chi connectivity index (χ0) is 17.3. The molecule has 2 N–H and O–H groups in total. The van der Waals surface area contributed by atoms with E-state index in [-0.39, 0.29) is 0 Å². The highest BCUT2D eigenvalue weighted by Gasteiger charge is 2.06. The number of H-pyrrole nitrogens is 2. The van der Waals surface area contributed by atoms with Crippen LogP contribution in [0.1, 0.15) is 22.8 Å². The first-order valence-electron chi connectivity index (χ1n) is 8.78. The third-order valence-corrected chi connectivity index (χ3v) is 4.64. The maximum Gasteiger partial charge on any atom is 0.111 e. The van der Waals surface area contributed by atoms with Crippen molar-refractivity contribution in [2.45, 2.75) is 12.8 Å². The smallest absolute Gasteiger partial charge is 0.111 e. The Labute approximate surface area is 150 Å². The van der Waals surface area contributed by atoms with Crippen LogP contribution in [-0.2, 0) is 12.8 Å². The SMILES string of the molecule is c1ccc2[nH]c(Cc3ccc(Cc4nc5ccccc5[nH]4)cc3)nc2c1. The van der Waals surface area contributed by atoms with Gasteiger partial charge in [-0.3, -0.25) is 0 Å². The van der Waals surface area contributed by atoms with Crippen molar-refractivity contribution in [2.75, 3.05) is 0 Å². The van der Waals surface area contributed by atoms with E-state index in [0.29, 0.717) is 0 Å². The number of hydrogen-bond acceptors (Lipinski definition) is 2. The predicted octanol–water partition coefficient (Wildman–Crippen LogP) is 4.62. The van der Waals surface area contributed by atoms with E-state index >= 15 is 0 Å². The summed E-state index contributed by atoms with van der Waals surface area (Å²) < 4.78 is 0. The Morgan fingerprint density at radius 1 is 0.538 bits per heavy atom. The van der Waals surface area contributed by atoms with Crippen LogP contribution in [0, 0.1) is 0 Å². The van der Waals surface area contributed by atoms with Gasteiger partial charge < -0.3 is 9.97 Å². The van der Waals surface area contributed by atoms with Crippen LogP contribution in [-0.4, -0.2) is 19.9 Å². The van der Waals surface area contributed by atoms with Gasteiger partial charge in [-0.05, 0) is 35.4 Å². The molecule has 0 radical (unpaired) electrons. The fourth-order valence-corrected chi connectivity index (χ4v) is 3.34. The molecule has 2 aromatic heterocycles. The number of hydrogen-bond donors (Lipinski definition) is 2. The summed E-state index contributed by atoms with van der Waals surface area (Å²) in [6, 6.07) is 24.9. The summed E-state index contributed by atoms with van der Waals surface area (Å²) in [6.07, 6.45) is 1.61. The molecule has 0 spiro atoms. The Kier molecular flexibility index (Phi) is 3.53. The zero-order valence-electron chi connectivity index (χ0n) is 14.2. The van der Waals surface area contributed by atoms with E-state index in [1.54, 1.807) is 0 Å². The fourth-order valence-electron chi connectivity index (χ4n) is 3.34. The first-order chi connectivity index (χ1) is 12.8. The number of imidazole rings is 2. The van der Waals surface area contributed by atoms with Crippen LogP contribution in [0.5, 0.6) is 0 Å². The predicted molar refractivity (Wildman–Crippen MR) is 104 cm³/mol. The number of nitrogens with one attached hydrogen (secondary N) is 2. The van der Waals surface area contributed by atoms with Gasteiger partial charge in [-0.2, -0.15) is 0 Å². The van der Waals surface area contributed by atoms with Gasteiger partial charge in [-0.15, -0.1) is 0 Å². The Hall–Kier alpha value is -3.40. The monoisotopic (exact) mass is 338 g/mol. The molecule has 26 heavy (non-hydrogen) atoms. The lowest BCUT2D eigenvalue weighted by molar-refractivity contribution is 1.02. The van der Waals surface area contributed by atoms with Crippen LogP contribution in [0.2, 0.25) is 0 Å². The average Bonchev–Trinajstić information content (AvgIpc) is 3.25. The van der Waals surface area contributed by atoms with Crippen molar-refractivity contribution in [3.05, 3.63) is 95.6 Å². The van der Waals surface area contributed by atoms with Gasteiger partial charge >= 0.3 is 0 Å². The molecule has 0 aliphatic carbocycles. The maximum absolute atomic E-state index is 4.65. The first-order valence-corrected chi connectivity index (χ1v) is 8.78. The van der Waals surface area contributed by atoms with E-state index in [4.69, 9.17) is 0 Å². The van der Waals surface area contributed by atoms with Gasteiger partial charge in [0.2, 0.25) is 0 Å². The molecule has 0 fully saturated rings. The van der Waals surface area contributed by atoms with E-state index in [2.05, 4.69) is 56.3 Å². The summed E-state index contributed by atoms with van der Waals surface area (Å²) in [7, 11) is 0. The third kappa shape index (κ3) is 2.86. The Morgan fingerprint density at radius 3 is 1.38 bits per heavy atom. The van der Waals surface area contributed by atoms with Gasteiger partial charge in [0.05, 0.1) is 22.1 Å². The fraction of sp³-hybridized carbons (Fsp3) is 0.0909. The topological polar surface area (TPSA) is 57.4 Å². The lowest BCUT2D eigenvalue weighted by Crippen LogP contribution is -1.94. The van der Waals surface area contributed by atoms with Gasteiger partial charge in [0.1, 0.15) is 11.6 Å². The molecule has 4 nitrogen and oxygen atoms in total. The average molecular weight is 338 g/mol. The van der Waals surface area contributed by atoms with Gasteiger partial charge in [0, 0.05) is 12.8 Å². The van der Waals surface area contributed by atoms with Crippen LogP contribution in [0.3, 0.4) is 0 Å². The van der Waals surface area contributed by atoms with E-state index in [0.717, 1.165) is 46.6 Å². The van der Waals surface area contributed by atoms with Crippen molar-refractivity contribution in [1.29, 1.82) is 0 Å². The molecular weight excluding hydrogens is 320 g/mol. The minimum Gasteiger partial charge on any atom is -0.342 e. The number of fused-ring (bicyclic) bond motifs is 2. The number of aromatic nitrogens is 4. The maximum atomic E-state index is 4.65. The minimum absolute atomic E-state index is 0.805. The highest BCUT2D eigenvalue weighted by Crippen LogP contribution is 2.16. The van der Waals surface area contributed by atoms with Crippen molar-refractivity contribution in [2.24, 2.45) is 0 Å². The lowest BCUT2D eigenvalue weighted by atomic mass is 10.1. The number of rotatable bonds is 4. The van der Waals surface area contributed by atoms with Crippen LogP contribution >= 0.6 is 0 Å². The summed E-state index contributed by atoms with van der Waals surface area (Å²) in [5, 5.41) is 0. The number of para-hydroxylation sites is 4. The van der Waals surface area contributed by atoms with Gasteiger partial charge in [-0.1, -0.05) is 48.5 Å². The lowest BCUT2D eigenvalue weighted by Gasteiger charge is -2.02. The number of nitrogens with zero attached hydrogens (tertiary/aromatic N) is 2. The molecule has 126 valence electrons. The highest BCUT2D eigenvalue weighted by molar-refractivity contribution is 5.75. The van der Waals surface area contributed by atoms with Gasteiger partial charge in [0.25, 0.3) is 0 Å². The molecule has 0 saturated heterocycles. The number of benzene rings is 3. The van der Waals surface area contributed by atoms with Crippen molar-refractivity contribution >= 4 is 22.1 Å². The summed E-state index contributed by atoms with van der Waals surface area (Å²) in [5.41, 5.74) is 6.70. The molecular formula is C22H18N4. The second-order valence-corrected chi connectivity index (χ2v) is 6.57. The van der Waals surface area contributed by atoms with E-state index in [9.17, 15) is 0 Å². The molecule has 0 amide bonds. The van der Waals surface area contributed by atoms with Crippen LogP contribution in [0.4, 0.5) is 0 Å². The van der Waals surface area contributed by atoms with Crippen LogP contribution in [0.25, 0.3) is 22.1 Å². The molecule has 3 aromatic carbocycles. The standard InChI is InChI=1S/C22H18N4/c1-2-6-18-17(5-1)23-21(24-18)13-15-9-11-16(12-10-15)14-22-25-19-7-3-4-8-20(19)26-22/h1-12H,13-14H2,(H,23,24)(H,25,26). The summed E-state index contributed by atoms with van der Waals surface area (Å²) in [6.45, 7) is 0.